The SMILES string of the molecule is CN(Cc1ccc(Cl)cc1)Cn1nc(-c2cccnc2)n(Cc2ccccc2)c1=S. The van der Waals surface area contributed by atoms with E-state index in [1.165, 1.54) is 11.1 Å². The number of pyridine rings is 1. The summed E-state index contributed by atoms with van der Waals surface area (Å²) in [5.41, 5.74) is 3.30. The third-order valence-electron chi connectivity index (χ3n) is 4.77. The van der Waals surface area contributed by atoms with E-state index in [0.29, 0.717) is 18.0 Å². The quantitative estimate of drug-likeness (QED) is 0.371. The lowest BCUT2D eigenvalue weighted by Crippen LogP contribution is -2.22. The third kappa shape index (κ3) is 4.84. The van der Waals surface area contributed by atoms with Crippen molar-refractivity contribution >= 4 is 23.8 Å². The zero-order chi connectivity index (χ0) is 20.9. The van der Waals surface area contributed by atoms with Gasteiger partial charge in [-0.25, -0.2) is 4.68 Å². The number of nitrogens with zero attached hydrogens (tertiary/aromatic N) is 5. The summed E-state index contributed by atoms with van der Waals surface area (Å²) in [6.07, 6.45) is 3.58. The zero-order valence-electron chi connectivity index (χ0n) is 16.6. The van der Waals surface area contributed by atoms with Crippen LogP contribution in [0.15, 0.2) is 79.1 Å². The second-order valence-corrected chi connectivity index (χ2v) is 8.00. The Morgan fingerprint density at radius 3 is 2.43 bits per heavy atom. The Morgan fingerprint density at radius 2 is 1.73 bits per heavy atom. The molecule has 0 aliphatic rings. The van der Waals surface area contributed by atoms with Crippen LogP contribution in [0.4, 0.5) is 0 Å². The average Bonchev–Trinajstić information content (AvgIpc) is 3.06. The van der Waals surface area contributed by atoms with E-state index in [1.807, 2.05) is 65.5 Å². The predicted molar refractivity (Wildman–Crippen MR) is 123 cm³/mol. The predicted octanol–water partition coefficient (Wildman–Crippen LogP) is 5.27. The Balaban J connectivity index is 1.63. The molecule has 2 aromatic carbocycles. The molecule has 0 saturated heterocycles. The van der Waals surface area contributed by atoms with Gasteiger partial charge in [-0.1, -0.05) is 54.1 Å². The molecule has 4 aromatic rings. The van der Waals surface area contributed by atoms with E-state index in [2.05, 4.69) is 33.6 Å². The Labute approximate surface area is 186 Å². The number of hydrogen-bond acceptors (Lipinski definition) is 4. The summed E-state index contributed by atoms with van der Waals surface area (Å²) in [6.45, 7) is 2.01. The lowest BCUT2D eigenvalue weighted by molar-refractivity contribution is 0.244. The highest BCUT2D eigenvalue weighted by Gasteiger charge is 2.14. The molecule has 2 heterocycles. The molecule has 0 amide bonds. The minimum Gasteiger partial charge on any atom is -0.295 e. The fraction of sp³-hybridized carbons (Fsp3) is 0.174. The molecule has 0 bridgehead atoms. The molecular weight excluding hydrogens is 414 g/mol. The molecule has 30 heavy (non-hydrogen) atoms. The van der Waals surface area contributed by atoms with Crippen LogP contribution in [0.3, 0.4) is 0 Å². The van der Waals surface area contributed by atoms with Crippen molar-refractivity contribution in [2.24, 2.45) is 0 Å². The Bertz CT molecular complexity index is 1150. The number of aromatic nitrogens is 4. The van der Waals surface area contributed by atoms with Gasteiger partial charge >= 0.3 is 0 Å². The van der Waals surface area contributed by atoms with Crippen molar-refractivity contribution in [1.29, 1.82) is 0 Å². The fourth-order valence-corrected chi connectivity index (χ4v) is 3.71. The lowest BCUT2D eigenvalue weighted by atomic mass is 10.2. The van der Waals surface area contributed by atoms with Gasteiger partial charge in [0.1, 0.15) is 0 Å². The molecule has 0 fully saturated rings. The van der Waals surface area contributed by atoms with Crippen LogP contribution in [0.5, 0.6) is 0 Å². The lowest BCUT2D eigenvalue weighted by Gasteiger charge is -2.16. The molecule has 4 rings (SSSR count). The summed E-state index contributed by atoms with van der Waals surface area (Å²) in [4.78, 5) is 6.43. The van der Waals surface area contributed by atoms with Gasteiger partial charge in [-0.15, -0.1) is 0 Å². The first kappa shape index (κ1) is 20.5. The van der Waals surface area contributed by atoms with Crippen LogP contribution in [0.25, 0.3) is 11.4 Å². The van der Waals surface area contributed by atoms with Crippen LogP contribution in [0.2, 0.25) is 5.02 Å². The molecule has 0 unspecified atom stereocenters. The van der Waals surface area contributed by atoms with Gasteiger partial charge in [-0.2, -0.15) is 5.10 Å². The molecule has 0 saturated carbocycles. The Hall–Kier alpha value is -2.80. The summed E-state index contributed by atoms with van der Waals surface area (Å²) < 4.78 is 4.62. The van der Waals surface area contributed by atoms with Crippen molar-refractivity contribution in [2.45, 2.75) is 19.8 Å². The molecule has 2 aromatic heterocycles. The minimum absolute atomic E-state index is 0.580. The van der Waals surface area contributed by atoms with Crippen molar-refractivity contribution in [1.82, 2.24) is 24.2 Å². The van der Waals surface area contributed by atoms with E-state index in [0.717, 1.165) is 23.0 Å². The first-order valence-electron chi connectivity index (χ1n) is 9.65. The van der Waals surface area contributed by atoms with Crippen LogP contribution in [-0.4, -0.2) is 31.3 Å². The standard InChI is InChI=1S/C23H22ClN5S/c1-27(15-19-9-11-21(24)12-10-19)17-29-23(30)28(16-18-6-3-2-4-7-18)22(26-29)20-8-5-13-25-14-20/h2-14H,15-17H2,1H3. The monoisotopic (exact) mass is 435 g/mol. The van der Waals surface area contributed by atoms with E-state index >= 15 is 0 Å². The maximum atomic E-state index is 5.99. The van der Waals surface area contributed by atoms with Gasteiger partial charge in [0.25, 0.3) is 0 Å². The highest BCUT2D eigenvalue weighted by molar-refractivity contribution is 7.71. The topological polar surface area (TPSA) is 38.9 Å². The van der Waals surface area contributed by atoms with Crippen LogP contribution in [0, 0.1) is 4.77 Å². The normalized spacial score (nSPS) is 11.2. The summed E-state index contributed by atoms with van der Waals surface area (Å²) in [7, 11) is 2.05. The van der Waals surface area contributed by atoms with Crippen molar-refractivity contribution in [2.75, 3.05) is 7.05 Å². The molecule has 0 atom stereocenters. The summed E-state index contributed by atoms with van der Waals surface area (Å²) in [6, 6.07) is 22.1. The Morgan fingerprint density at radius 1 is 0.967 bits per heavy atom. The van der Waals surface area contributed by atoms with Crippen LogP contribution >= 0.6 is 23.8 Å². The van der Waals surface area contributed by atoms with E-state index in [9.17, 15) is 0 Å². The molecular formula is C23H22ClN5S. The maximum Gasteiger partial charge on any atom is 0.199 e. The van der Waals surface area contributed by atoms with E-state index in [-0.39, 0.29) is 0 Å². The molecule has 0 spiro atoms. The number of benzene rings is 2. The Kier molecular flexibility index (Phi) is 6.38. The largest absolute Gasteiger partial charge is 0.295 e. The number of rotatable bonds is 7. The van der Waals surface area contributed by atoms with Gasteiger partial charge in [0.15, 0.2) is 10.6 Å². The van der Waals surface area contributed by atoms with Gasteiger partial charge in [0, 0.05) is 29.5 Å². The van der Waals surface area contributed by atoms with Gasteiger partial charge in [-0.05, 0) is 54.7 Å². The van der Waals surface area contributed by atoms with Crippen LogP contribution < -0.4 is 0 Å². The summed E-state index contributed by atoms with van der Waals surface area (Å²) in [5.74, 6) is 0.817. The van der Waals surface area contributed by atoms with E-state index in [1.54, 1.807) is 6.20 Å². The minimum atomic E-state index is 0.580. The first-order chi connectivity index (χ1) is 14.6. The summed E-state index contributed by atoms with van der Waals surface area (Å²) in [5, 5.41) is 5.58. The number of halogens is 1. The molecule has 7 heteroatoms. The molecule has 0 N–H and O–H groups in total. The van der Waals surface area contributed by atoms with Gasteiger partial charge in [0.2, 0.25) is 0 Å². The highest BCUT2D eigenvalue weighted by atomic mass is 35.5. The first-order valence-corrected chi connectivity index (χ1v) is 10.4. The highest BCUT2D eigenvalue weighted by Crippen LogP contribution is 2.19. The van der Waals surface area contributed by atoms with E-state index < -0.39 is 0 Å². The van der Waals surface area contributed by atoms with E-state index in [4.69, 9.17) is 28.9 Å². The average molecular weight is 436 g/mol. The van der Waals surface area contributed by atoms with Gasteiger partial charge in [-0.3, -0.25) is 14.5 Å². The van der Waals surface area contributed by atoms with Gasteiger partial charge in [0.05, 0.1) is 13.2 Å². The second kappa shape index (κ2) is 9.34. The maximum absolute atomic E-state index is 5.99. The van der Waals surface area contributed by atoms with Crippen molar-refractivity contribution < 1.29 is 0 Å². The fourth-order valence-electron chi connectivity index (χ4n) is 3.33. The molecule has 0 radical (unpaired) electrons. The summed E-state index contributed by atoms with van der Waals surface area (Å²) >= 11 is 11.8. The van der Waals surface area contributed by atoms with Crippen molar-refractivity contribution in [3.8, 4) is 11.4 Å². The van der Waals surface area contributed by atoms with Crippen molar-refractivity contribution in [3.63, 3.8) is 0 Å². The molecule has 152 valence electrons. The van der Waals surface area contributed by atoms with Gasteiger partial charge < -0.3 is 0 Å². The molecule has 0 aliphatic carbocycles. The zero-order valence-corrected chi connectivity index (χ0v) is 18.2. The smallest absolute Gasteiger partial charge is 0.199 e. The van der Waals surface area contributed by atoms with Crippen molar-refractivity contribution in [3.05, 3.63) is 100 Å². The van der Waals surface area contributed by atoms with Crippen LogP contribution in [-0.2, 0) is 19.8 Å². The molecule has 5 nitrogen and oxygen atoms in total. The third-order valence-corrected chi connectivity index (χ3v) is 5.45. The number of hydrogen-bond donors (Lipinski definition) is 0. The van der Waals surface area contributed by atoms with Crippen LogP contribution in [0.1, 0.15) is 11.1 Å². The second-order valence-electron chi connectivity index (χ2n) is 7.20. The molecule has 0 aliphatic heterocycles.